The minimum absolute atomic E-state index is 0.243. The first-order valence-corrected chi connectivity index (χ1v) is 9.86. The van der Waals surface area contributed by atoms with Gasteiger partial charge in [-0.25, -0.2) is 19.5 Å². The van der Waals surface area contributed by atoms with Gasteiger partial charge in [0.15, 0.2) is 0 Å². The molecule has 154 valence electrons. The van der Waals surface area contributed by atoms with Gasteiger partial charge in [0.1, 0.15) is 12.4 Å². The van der Waals surface area contributed by atoms with Crippen LogP contribution in [0, 0.1) is 11.8 Å². The second kappa shape index (κ2) is 10.6. The van der Waals surface area contributed by atoms with Crippen LogP contribution in [0.3, 0.4) is 0 Å². The minimum atomic E-state index is -0.957. The summed E-state index contributed by atoms with van der Waals surface area (Å²) in [6.07, 6.45) is 5.06. The molecule has 1 fully saturated rings. The van der Waals surface area contributed by atoms with Gasteiger partial charge in [0.25, 0.3) is 0 Å². The van der Waals surface area contributed by atoms with Crippen LogP contribution < -0.4 is 4.90 Å². The maximum absolute atomic E-state index is 12.9. The number of carbonyl (C=O) groups is 2. The molecule has 2 atom stereocenters. The standard InChI is InChI=1S/C22H26N2O5/c25-21(26)16-28-14-17-7-6-8-18(13-17)15-29-22(27)24(19-9-2-1-3-10-19)20-11-4-5-12-23-20/h1-5,9-12,17-18H,6-8,13-16H2,(H,25,26). The number of amides is 1. The lowest BCUT2D eigenvalue weighted by Gasteiger charge is -2.29. The first-order valence-electron chi connectivity index (χ1n) is 9.86. The maximum atomic E-state index is 12.9. The number of benzene rings is 1. The number of carboxylic acids is 1. The zero-order valence-electron chi connectivity index (χ0n) is 16.3. The molecule has 0 radical (unpaired) electrons. The van der Waals surface area contributed by atoms with Gasteiger partial charge in [-0.05, 0) is 55.4 Å². The summed E-state index contributed by atoms with van der Waals surface area (Å²) >= 11 is 0. The van der Waals surface area contributed by atoms with E-state index in [0.29, 0.717) is 30.6 Å². The van der Waals surface area contributed by atoms with E-state index in [2.05, 4.69) is 4.98 Å². The topological polar surface area (TPSA) is 89.0 Å². The fourth-order valence-electron chi connectivity index (χ4n) is 3.67. The molecule has 2 aromatic rings. The van der Waals surface area contributed by atoms with E-state index in [0.717, 1.165) is 25.7 Å². The van der Waals surface area contributed by atoms with E-state index in [1.807, 2.05) is 36.4 Å². The lowest BCUT2D eigenvalue weighted by Crippen LogP contribution is -2.31. The van der Waals surface area contributed by atoms with Crippen molar-refractivity contribution in [2.75, 3.05) is 24.7 Å². The first kappa shape index (κ1) is 20.8. The molecule has 29 heavy (non-hydrogen) atoms. The highest BCUT2D eigenvalue weighted by Gasteiger charge is 2.26. The zero-order valence-corrected chi connectivity index (χ0v) is 16.3. The summed E-state index contributed by atoms with van der Waals surface area (Å²) in [5.41, 5.74) is 0.694. The van der Waals surface area contributed by atoms with Crippen LogP contribution in [-0.2, 0) is 14.3 Å². The number of aliphatic carboxylic acids is 1. The highest BCUT2D eigenvalue weighted by molar-refractivity contribution is 5.94. The number of para-hydroxylation sites is 1. The third-order valence-electron chi connectivity index (χ3n) is 4.99. The van der Waals surface area contributed by atoms with Crippen LogP contribution in [-0.4, -0.2) is 42.0 Å². The zero-order chi connectivity index (χ0) is 20.5. The van der Waals surface area contributed by atoms with Gasteiger partial charge in [-0.3, -0.25) is 0 Å². The molecule has 1 aromatic carbocycles. The minimum Gasteiger partial charge on any atom is -0.480 e. The predicted molar refractivity (Wildman–Crippen MR) is 108 cm³/mol. The van der Waals surface area contributed by atoms with E-state index in [1.165, 1.54) is 4.90 Å². The summed E-state index contributed by atoms with van der Waals surface area (Å²) < 4.78 is 10.9. The largest absolute Gasteiger partial charge is 0.480 e. The second-order valence-electron chi connectivity index (χ2n) is 7.24. The van der Waals surface area contributed by atoms with Crippen LogP contribution >= 0.6 is 0 Å². The van der Waals surface area contributed by atoms with Crippen molar-refractivity contribution in [3.63, 3.8) is 0 Å². The van der Waals surface area contributed by atoms with E-state index in [9.17, 15) is 9.59 Å². The van der Waals surface area contributed by atoms with Gasteiger partial charge in [-0.15, -0.1) is 0 Å². The monoisotopic (exact) mass is 398 g/mol. The van der Waals surface area contributed by atoms with Gasteiger partial charge in [0.05, 0.1) is 18.9 Å². The van der Waals surface area contributed by atoms with E-state index in [-0.39, 0.29) is 12.5 Å². The molecule has 3 rings (SSSR count). The van der Waals surface area contributed by atoms with Gasteiger partial charge in [-0.2, -0.15) is 0 Å². The number of hydrogen-bond donors (Lipinski definition) is 1. The van der Waals surface area contributed by atoms with Crippen LogP contribution in [0.4, 0.5) is 16.3 Å². The quantitative estimate of drug-likeness (QED) is 0.715. The van der Waals surface area contributed by atoms with Crippen molar-refractivity contribution in [2.45, 2.75) is 25.7 Å². The number of pyridine rings is 1. The Bertz CT molecular complexity index is 745. The molecule has 1 aromatic heterocycles. The number of anilines is 2. The normalized spacial score (nSPS) is 18.8. The van der Waals surface area contributed by atoms with Crippen molar-refractivity contribution in [3.8, 4) is 0 Å². The number of ether oxygens (including phenoxy) is 2. The Hall–Kier alpha value is -2.93. The van der Waals surface area contributed by atoms with Crippen molar-refractivity contribution >= 4 is 23.6 Å². The summed E-state index contributed by atoms with van der Waals surface area (Å²) in [6.45, 7) is 0.484. The molecule has 1 aliphatic carbocycles. The number of hydrogen-bond acceptors (Lipinski definition) is 5. The molecule has 0 spiro atoms. The van der Waals surface area contributed by atoms with Crippen LogP contribution in [0.2, 0.25) is 0 Å². The Kier molecular flexibility index (Phi) is 7.58. The van der Waals surface area contributed by atoms with E-state index >= 15 is 0 Å². The molecule has 0 bridgehead atoms. The smallest absolute Gasteiger partial charge is 0.420 e. The lowest BCUT2D eigenvalue weighted by atomic mass is 9.82. The van der Waals surface area contributed by atoms with Gasteiger partial charge in [-0.1, -0.05) is 30.7 Å². The summed E-state index contributed by atoms with van der Waals surface area (Å²) in [4.78, 5) is 29.2. The summed E-state index contributed by atoms with van der Waals surface area (Å²) in [7, 11) is 0. The van der Waals surface area contributed by atoms with Crippen molar-refractivity contribution in [2.24, 2.45) is 11.8 Å². The summed E-state index contributed by atoms with van der Waals surface area (Å²) in [6, 6.07) is 14.7. The third kappa shape index (κ3) is 6.29. The first-order chi connectivity index (χ1) is 14.1. The van der Waals surface area contributed by atoms with Crippen LogP contribution in [0.15, 0.2) is 54.7 Å². The molecule has 7 heteroatoms. The Labute approximate surface area is 170 Å². The van der Waals surface area contributed by atoms with Crippen LogP contribution in [0.1, 0.15) is 25.7 Å². The number of carbonyl (C=O) groups excluding carboxylic acids is 1. The molecule has 1 N–H and O–H groups in total. The molecular weight excluding hydrogens is 372 g/mol. The third-order valence-corrected chi connectivity index (χ3v) is 4.99. The van der Waals surface area contributed by atoms with Crippen molar-refractivity contribution in [3.05, 3.63) is 54.7 Å². The van der Waals surface area contributed by atoms with Crippen molar-refractivity contribution < 1.29 is 24.2 Å². The average Bonchev–Trinajstić information content (AvgIpc) is 2.74. The molecule has 1 amide bonds. The Morgan fingerprint density at radius 1 is 1.03 bits per heavy atom. The van der Waals surface area contributed by atoms with Gasteiger partial charge >= 0.3 is 12.1 Å². The van der Waals surface area contributed by atoms with Gasteiger partial charge in [0, 0.05) is 6.20 Å². The van der Waals surface area contributed by atoms with E-state index in [4.69, 9.17) is 14.6 Å². The van der Waals surface area contributed by atoms with Crippen LogP contribution in [0.5, 0.6) is 0 Å². The lowest BCUT2D eigenvalue weighted by molar-refractivity contribution is -0.142. The SMILES string of the molecule is O=C(O)COCC1CCCC(COC(=O)N(c2ccccc2)c2ccccn2)C1. The predicted octanol–water partition coefficient (Wildman–Crippen LogP) is 4.26. The summed E-state index contributed by atoms with van der Waals surface area (Å²) in [5, 5.41) is 8.69. The van der Waals surface area contributed by atoms with E-state index in [1.54, 1.807) is 18.3 Å². The number of nitrogens with zero attached hydrogens (tertiary/aromatic N) is 2. The van der Waals surface area contributed by atoms with Gasteiger partial charge < -0.3 is 14.6 Å². The molecule has 0 aliphatic heterocycles. The average molecular weight is 398 g/mol. The van der Waals surface area contributed by atoms with Crippen molar-refractivity contribution in [1.82, 2.24) is 4.98 Å². The molecule has 7 nitrogen and oxygen atoms in total. The second-order valence-corrected chi connectivity index (χ2v) is 7.24. The molecule has 1 heterocycles. The molecule has 1 saturated carbocycles. The highest BCUT2D eigenvalue weighted by Crippen LogP contribution is 2.30. The van der Waals surface area contributed by atoms with Crippen molar-refractivity contribution in [1.29, 1.82) is 0 Å². The Balaban J connectivity index is 1.58. The fourth-order valence-corrected chi connectivity index (χ4v) is 3.67. The fraction of sp³-hybridized carbons (Fsp3) is 0.409. The Morgan fingerprint density at radius 2 is 1.76 bits per heavy atom. The number of carboxylic acid groups (broad SMARTS) is 1. The molecule has 0 saturated heterocycles. The van der Waals surface area contributed by atoms with E-state index < -0.39 is 12.1 Å². The molecule has 2 unspecified atom stereocenters. The molecule has 1 aliphatic rings. The number of aromatic nitrogens is 1. The van der Waals surface area contributed by atoms with Gasteiger partial charge in [0.2, 0.25) is 0 Å². The highest BCUT2D eigenvalue weighted by atomic mass is 16.6. The number of rotatable bonds is 8. The Morgan fingerprint density at radius 3 is 2.45 bits per heavy atom. The molecular formula is C22H26N2O5. The maximum Gasteiger partial charge on any atom is 0.420 e. The summed E-state index contributed by atoms with van der Waals surface area (Å²) in [5.74, 6) is 0.0920. The van der Waals surface area contributed by atoms with Crippen LogP contribution in [0.25, 0.3) is 0 Å².